The first kappa shape index (κ1) is 15.6. The van der Waals surface area contributed by atoms with Crippen molar-refractivity contribution in [1.29, 1.82) is 5.26 Å². The molecule has 1 spiro atoms. The Bertz CT molecular complexity index is 897. The summed E-state index contributed by atoms with van der Waals surface area (Å²) in [4.78, 5) is 14.4. The van der Waals surface area contributed by atoms with E-state index in [9.17, 15) is 4.79 Å². The van der Waals surface area contributed by atoms with Crippen molar-refractivity contribution in [1.82, 2.24) is 4.90 Å². The molecule has 1 fully saturated rings. The van der Waals surface area contributed by atoms with Gasteiger partial charge in [0.2, 0.25) is 5.91 Å². The zero-order valence-electron chi connectivity index (χ0n) is 13.8. The van der Waals surface area contributed by atoms with Gasteiger partial charge in [-0.25, -0.2) is 0 Å². The number of ether oxygens (including phenoxy) is 1. The molecule has 4 rings (SSSR count). The third-order valence-electron chi connectivity index (χ3n) is 5.04. The monoisotopic (exact) mass is 330 g/mol. The third kappa shape index (κ3) is 2.73. The molecule has 2 aromatic carbocycles. The Balaban J connectivity index is 1.50. The lowest BCUT2D eigenvalue weighted by Gasteiger charge is -2.24. The average Bonchev–Trinajstić information content (AvgIpc) is 3.26. The van der Waals surface area contributed by atoms with Gasteiger partial charge in [0.15, 0.2) is 0 Å². The molecule has 0 aliphatic carbocycles. The van der Waals surface area contributed by atoms with Crippen molar-refractivity contribution in [3.8, 4) is 6.07 Å². The van der Waals surface area contributed by atoms with Crippen LogP contribution in [0.3, 0.4) is 0 Å². The second-order valence-electron chi connectivity index (χ2n) is 6.48. The van der Waals surface area contributed by atoms with Crippen molar-refractivity contribution in [3.63, 3.8) is 0 Å². The number of rotatable bonds is 2. The predicted molar refractivity (Wildman–Crippen MR) is 94.3 cm³/mol. The van der Waals surface area contributed by atoms with E-state index < -0.39 is 0 Å². The number of nitriles is 1. The molecule has 25 heavy (non-hydrogen) atoms. The van der Waals surface area contributed by atoms with Crippen LogP contribution in [0.15, 0.2) is 54.6 Å². The lowest BCUT2D eigenvalue weighted by molar-refractivity contribution is -0.126. The molecule has 2 aliphatic rings. The number of carbonyl (C=O) groups excluding carboxylic acids is 1. The Morgan fingerprint density at radius 3 is 2.88 bits per heavy atom. The fourth-order valence-electron chi connectivity index (χ4n) is 3.70. The first-order valence-electron chi connectivity index (χ1n) is 8.40. The molecule has 4 nitrogen and oxygen atoms in total. The summed E-state index contributed by atoms with van der Waals surface area (Å²) in [5, 5.41) is 9.13. The largest absolute Gasteiger partial charge is 0.364 e. The molecule has 0 N–H and O–H groups in total. The average molecular weight is 330 g/mol. The van der Waals surface area contributed by atoms with E-state index in [2.05, 4.69) is 18.2 Å². The molecule has 0 radical (unpaired) electrons. The second-order valence-corrected chi connectivity index (χ2v) is 6.48. The van der Waals surface area contributed by atoms with Crippen LogP contribution in [-0.2, 0) is 21.7 Å². The van der Waals surface area contributed by atoms with E-state index in [1.165, 1.54) is 11.1 Å². The normalized spacial score (nSPS) is 21.6. The summed E-state index contributed by atoms with van der Waals surface area (Å²) in [6.07, 6.45) is 4.09. The van der Waals surface area contributed by atoms with Crippen molar-refractivity contribution in [2.75, 3.05) is 13.1 Å². The number of hydrogen-bond donors (Lipinski definition) is 0. The SMILES string of the molecule is N#Cc1ccccc1/C=C/C(=O)N1CCC2(C1)OCc1ccccc12. The first-order chi connectivity index (χ1) is 12.2. The quantitative estimate of drug-likeness (QED) is 0.795. The summed E-state index contributed by atoms with van der Waals surface area (Å²) in [6.45, 7) is 1.87. The molecular formula is C21H18N2O2. The van der Waals surface area contributed by atoms with Crippen LogP contribution in [0.2, 0.25) is 0 Å². The van der Waals surface area contributed by atoms with Gasteiger partial charge in [-0.2, -0.15) is 5.26 Å². The van der Waals surface area contributed by atoms with Gasteiger partial charge in [0.1, 0.15) is 5.60 Å². The summed E-state index contributed by atoms with van der Waals surface area (Å²) in [5.74, 6) is -0.0439. The topological polar surface area (TPSA) is 53.3 Å². The van der Waals surface area contributed by atoms with E-state index in [4.69, 9.17) is 10.00 Å². The van der Waals surface area contributed by atoms with Crippen LogP contribution in [0.1, 0.15) is 28.7 Å². The third-order valence-corrected chi connectivity index (χ3v) is 5.04. The van der Waals surface area contributed by atoms with Crippen molar-refractivity contribution in [2.24, 2.45) is 0 Å². The number of amides is 1. The highest BCUT2D eigenvalue weighted by Crippen LogP contribution is 2.43. The minimum Gasteiger partial charge on any atom is -0.364 e. The fraction of sp³-hybridized carbons (Fsp3) is 0.238. The lowest BCUT2D eigenvalue weighted by atomic mass is 9.92. The number of nitrogens with zero attached hydrogens (tertiary/aromatic N) is 2. The van der Waals surface area contributed by atoms with E-state index in [0.29, 0.717) is 25.3 Å². The van der Waals surface area contributed by atoms with Gasteiger partial charge in [-0.05, 0) is 35.3 Å². The first-order valence-corrected chi connectivity index (χ1v) is 8.40. The van der Waals surface area contributed by atoms with Gasteiger partial charge in [0.25, 0.3) is 0 Å². The van der Waals surface area contributed by atoms with Gasteiger partial charge >= 0.3 is 0 Å². The molecular weight excluding hydrogens is 312 g/mol. The molecule has 124 valence electrons. The highest BCUT2D eigenvalue weighted by Gasteiger charge is 2.46. The Labute approximate surface area is 146 Å². The molecule has 2 aliphatic heterocycles. The highest BCUT2D eigenvalue weighted by atomic mass is 16.5. The lowest BCUT2D eigenvalue weighted by Crippen LogP contribution is -2.33. The molecule has 2 heterocycles. The molecule has 0 saturated carbocycles. The van der Waals surface area contributed by atoms with Crippen LogP contribution in [-0.4, -0.2) is 23.9 Å². The number of likely N-dealkylation sites (tertiary alicyclic amines) is 1. The van der Waals surface area contributed by atoms with E-state index in [-0.39, 0.29) is 11.5 Å². The van der Waals surface area contributed by atoms with Crippen LogP contribution >= 0.6 is 0 Å². The Kier molecular flexibility index (Phi) is 3.87. The van der Waals surface area contributed by atoms with Crippen molar-refractivity contribution >= 4 is 12.0 Å². The summed E-state index contributed by atoms with van der Waals surface area (Å²) in [7, 11) is 0. The Hall–Kier alpha value is -2.90. The van der Waals surface area contributed by atoms with Crippen molar-refractivity contribution in [3.05, 3.63) is 76.9 Å². The fourth-order valence-corrected chi connectivity index (χ4v) is 3.70. The van der Waals surface area contributed by atoms with Gasteiger partial charge < -0.3 is 9.64 Å². The molecule has 4 heteroatoms. The minimum absolute atomic E-state index is 0.0439. The van der Waals surface area contributed by atoms with Gasteiger partial charge in [-0.3, -0.25) is 4.79 Å². The standard InChI is InChI=1S/C21H18N2O2/c22-13-17-6-2-1-5-16(17)9-10-20(24)23-12-11-21(15-23)19-8-4-3-7-18(19)14-25-21/h1-10H,11-12,14-15H2/b10-9+. The molecule has 0 aromatic heterocycles. The minimum atomic E-state index is -0.356. The Morgan fingerprint density at radius 1 is 1.20 bits per heavy atom. The van der Waals surface area contributed by atoms with Crippen molar-refractivity contribution < 1.29 is 9.53 Å². The van der Waals surface area contributed by atoms with E-state index in [0.717, 1.165) is 12.0 Å². The number of carbonyl (C=O) groups is 1. The number of hydrogen-bond acceptors (Lipinski definition) is 3. The van der Waals surface area contributed by atoms with E-state index in [1.807, 2.05) is 35.2 Å². The van der Waals surface area contributed by atoms with Crippen LogP contribution < -0.4 is 0 Å². The molecule has 0 bridgehead atoms. The number of fused-ring (bicyclic) bond motifs is 2. The van der Waals surface area contributed by atoms with Crippen LogP contribution in [0, 0.1) is 11.3 Å². The van der Waals surface area contributed by atoms with Gasteiger partial charge in [-0.15, -0.1) is 0 Å². The van der Waals surface area contributed by atoms with Gasteiger partial charge in [0, 0.05) is 12.6 Å². The summed E-state index contributed by atoms with van der Waals surface area (Å²) in [5.41, 5.74) is 3.40. The number of benzene rings is 2. The van der Waals surface area contributed by atoms with Crippen LogP contribution in [0.5, 0.6) is 0 Å². The zero-order chi connectivity index (χ0) is 17.3. The maximum absolute atomic E-state index is 12.6. The maximum Gasteiger partial charge on any atom is 0.246 e. The highest BCUT2D eigenvalue weighted by molar-refractivity contribution is 5.92. The summed E-state index contributed by atoms with van der Waals surface area (Å²) in [6, 6.07) is 17.7. The summed E-state index contributed by atoms with van der Waals surface area (Å²) >= 11 is 0. The second kappa shape index (κ2) is 6.19. The van der Waals surface area contributed by atoms with Crippen LogP contribution in [0.25, 0.3) is 6.08 Å². The smallest absolute Gasteiger partial charge is 0.246 e. The maximum atomic E-state index is 12.6. The zero-order valence-corrected chi connectivity index (χ0v) is 13.8. The Morgan fingerprint density at radius 2 is 2.00 bits per heavy atom. The predicted octanol–water partition coefficient (Wildman–Crippen LogP) is 3.23. The molecule has 2 aromatic rings. The van der Waals surface area contributed by atoms with E-state index >= 15 is 0 Å². The van der Waals surface area contributed by atoms with Gasteiger partial charge in [0.05, 0.1) is 24.8 Å². The van der Waals surface area contributed by atoms with Crippen LogP contribution in [0.4, 0.5) is 0 Å². The molecule has 1 unspecified atom stereocenters. The molecule has 1 amide bonds. The molecule has 1 saturated heterocycles. The van der Waals surface area contributed by atoms with E-state index in [1.54, 1.807) is 18.2 Å². The summed E-state index contributed by atoms with van der Waals surface area (Å²) < 4.78 is 6.09. The molecule has 1 atom stereocenters. The van der Waals surface area contributed by atoms with Crippen molar-refractivity contribution in [2.45, 2.75) is 18.6 Å². The van der Waals surface area contributed by atoms with Gasteiger partial charge in [-0.1, -0.05) is 42.5 Å².